The number of para-hydroxylation sites is 1. The molecule has 0 fully saturated rings. The Morgan fingerprint density at radius 1 is 1.35 bits per heavy atom. The van der Waals surface area contributed by atoms with Crippen molar-refractivity contribution < 1.29 is 14.7 Å². The first-order valence-corrected chi connectivity index (χ1v) is 7.46. The molecular weight excluding hydrogens is 274 g/mol. The molecule has 1 rings (SSSR count). The maximum Gasteiger partial charge on any atom is 0.316 e. The number of benzene rings is 1. The van der Waals surface area contributed by atoms with E-state index in [0.29, 0.717) is 5.69 Å². The zero-order valence-electron chi connectivity index (χ0n) is 12.3. The summed E-state index contributed by atoms with van der Waals surface area (Å²) in [5, 5.41) is 11.3. The van der Waals surface area contributed by atoms with E-state index in [2.05, 4.69) is 5.32 Å². The van der Waals surface area contributed by atoms with Gasteiger partial charge in [-0.1, -0.05) is 32.9 Å². The van der Waals surface area contributed by atoms with Crippen LogP contribution in [-0.2, 0) is 9.59 Å². The molecule has 1 amide bonds. The van der Waals surface area contributed by atoms with Crippen LogP contribution >= 0.6 is 11.8 Å². The number of amides is 1. The first kappa shape index (κ1) is 16.6. The summed E-state index contributed by atoms with van der Waals surface area (Å²) in [6.07, 6.45) is 0.736. The SMILES string of the molecule is CCC(C)(C)C(=O)Nc1ccccc1S[C@@H](C)C(=O)O. The highest BCUT2D eigenvalue weighted by atomic mass is 32.2. The Labute approximate surface area is 124 Å². The molecule has 0 aliphatic carbocycles. The molecule has 1 atom stereocenters. The van der Waals surface area contributed by atoms with E-state index in [9.17, 15) is 9.59 Å². The van der Waals surface area contributed by atoms with E-state index in [1.165, 1.54) is 11.8 Å². The molecule has 0 aliphatic rings. The number of anilines is 1. The Hall–Kier alpha value is -1.49. The van der Waals surface area contributed by atoms with E-state index in [4.69, 9.17) is 5.11 Å². The van der Waals surface area contributed by atoms with Crippen molar-refractivity contribution in [2.24, 2.45) is 5.41 Å². The fraction of sp³-hybridized carbons (Fsp3) is 0.467. The lowest BCUT2D eigenvalue weighted by molar-refractivity contribution is -0.136. The number of rotatable bonds is 6. The maximum atomic E-state index is 12.2. The quantitative estimate of drug-likeness (QED) is 0.787. The molecule has 0 heterocycles. The number of hydrogen-bond acceptors (Lipinski definition) is 3. The summed E-state index contributed by atoms with van der Waals surface area (Å²) in [4.78, 5) is 23.9. The van der Waals surface area contributed by atoms with Gasteiger partial charge in [0.05, 0.1) is 5.69 Å². The monoisotopic (exact) mass is 295 g/mol. The normalized spacial score (nSPS) is 12.8. The molecule has 0 aromatic heterocycles. The molecule has 1 aromatic rings. The van der Waals surface area contributed by atoms with E-state index < -0.39 is 16.6 Å². The molecule has 0 bridgehead atoms. The number of carbonyl (C=O) groups excluding carboxylic acids is 1. The molecule has 110 valence electrons. The number of carbonyl (C=O) groups is 2. The van der Waals surface area contributed by atoms with Gasteiger partial charge in [-0.05, 0) is 25.5 Å². The van der Waals surface area contributed by atoms with Gasteiger partial charge in [-0.3, -0.25) is 9.59 Å². The molecular formula is C15H21NO3S. The summed E-state index contributed by atoms with van der Waals surface area (Å²) in [6, 6.07) is 7.26. The molecule has 5 heteroatoms. The first-order chi connectivity index (χ1) is 9.27. The number of carboxylic acid groups (broad SMARTS) is 1. The van der Waals surface area contributed by atoms with Gasteiger partial charge in [-0.2, -0.15) is 0 Å². The Bertz CT molecular complexity index is 500. The third kappa shape index (κ3) is 4.27. The summed E-state index contributed by atoms with van der Waals surface area (Å²) in [6.45, 7) is 7.37. The second-order valence-corrected chi connectivity index (χ2v) is 6.67. The van der Waals surface area contributed by atoms with Crippen molar-refractivity contribution in [3.8, 4) is 0 Å². The fourth-order valence-electron chi connectivity index (χ4n) is 1.37. The van der Waals surface area contributed by atoms with E-state index in [1.807, 2.05) is 39.0 Å². The van der Waals surface area contributed by atoms with Crippen molar-refractivity contribution in [1.29, 1.82) is 0 Å². The predicted molar refractivity (Wildman–Crippen MR) is 82.1 cm³/mol. The largest absolute Gasteiger partial charge is 0.480 e. The van der Waals surface area contributed by atoms with Crippen LogP contribution in [0.2, 0.25) is 0 Å². The van der Waals surface area contributed by atoms with Gasteiger partial charge in [0, 0.05) is 10.3 Å². The molecule has 4 nitrogen and oxygen atoms in total. The number of aliphatic carboxylic acids is 1. The molecule has 20 heavy (non-hydrogen) atoms. The summed E-state index contributed by atoms with van der Waals surface area (Å²) in [5.41, 5.74) is 0.216. The van der Waals surface area contributed by atoms with Crippen molar-refractivity contribution in [2.75, 3.05) is 5.32 Å². The van der Waals surface area contributed by atoms with Gasteiger partial charge in [0.25, 0.3) is 0 Å². The minimum atomic E-state index is -0.870. The van der Waals surface area contributed by atoms with Crippen LogP contribution in [0.3, 0.4) is 0 Å². The topological polar surface area (TPSA) is 66.4 Å². The first-order valence-electron chi connectivity index (χ1n) is 6.58. The van der Waals surface area contributed by atoms with Crippen LogP contribution in [-0.4, -0.2) is 22.2 Å². The summed E-state index contributed by atoms with van der Waals surface area (Å²) in [5.74, 6) is -0.930. The van der Waals surface area contributed by atoms with Crippen LogP contribution in [0.5, 0.6) is 0 Å². The zero-order valence-corrected chi connectivity index (χ0v) is 13.1. The number of hydrogen-bond donors (Lipinski definition) is 2. The minimum Gasteiger partial charge on any atom is -0.480 e. The smallest absolute Gasteiger partial charge is 0.316 e. The number of carboxylic acids is 1. The van der Waals surface area contributed by atoms with Crippen molar-refractivity contribution in [3.05, 3.63) is 24.3 Å². The Balaban J connectivity index is 2.91. The highest BCUT2D eigenvalue weighted by Crippen LogP contribution is 2.32. The lowest BCUT2D eigenvalue weighted by Gasteiger charge is -2.22. The van der Waals surface area contributed by atoms with Crippen molar-refractivity contribution in [2.45, 2.75) is 44.3 Å². The number of thioether (sulfide) groups is 1. The Morgan fingerprint density at radius 3 is 2.50 bits per heavy atom. The molecule has 0 spiro atoms. The third-order valence-corrected chi connectivity index (χ3v) is 4.45. The van der Waals surface area contributed by atoms with Gasteiger partial charge >= 0.3 is 5.97 Å². The van der Waals surface area contributed by atoms with E-state index in [1.54, 1.807) is 13.0 Å². The van der Waals surface area contributed by atoms with Crippen LogP contribution < -0.4 is 5.32 Å². The molecule has 0 aliphatic heterocycles. The average molecular weight is 295 g/mol. The lowest BCUT2D eigenvalue weighted by Crippen LogP contribution is -2.30. The fourth-order valence-corrected chi connectivity index (χ4v) is 2.25. The predicted octanol–water partition coefficient (Wildman–Crippen LogP) is 3.63. The van der Waals surface area contributed by atoms with E-state index in [0.717, 1.165) is 11.3 Å². The maximum absolute atomic E-state index is 12.2. The highest BCUT2D eigenvalue weighted by Gasteiger charge is 2.26. The second kappa shape index (κ2) is 6.79. The minimum absolute atomic E-state index is 0.0592. The van der Waals surface area contributed by atoms with Crippen LogP contribution in [0.1, 0.15) is 34.1 Å². The van der Waals surface area contributed by atoms with Crippen LogP contribution in [0.15, 0.2) is 29.2 Å². The highest BCUT2D eigenvalue weighted by molar-refractivity contribution is 8.00. The van der Waals surface area contributed by atoms with Crippen molar-refractivity contribution >= 4 is 29.3 Å². The van der Waals surface area contributed by atoms with Crippen LogP contribution in [0, 0.1) is 5.41 Å². The zero-order chi connectivity index (χ0) is 15.3. The summed E-state index contributed by atoms with van der Waals surface area (Å²) < 4.78 is 0. The van der Waals surface area contributed by atoms with E-state index in [-0.39, 0.29) is 5.91 Å². The van der Waals surface area contributed by atoms with Gasteiger partial charge in [-0.25, -0.2) is 0 Å². The van der Waals surface area contributed by atoms with Crippen LogP contribution in [0.4, 0.5) is 5.69 Å². The van der Waals surface area contributed by atoms with E-state index >= 15 is 0 Å². The van der Waals surface area contributed by atoms with Gasteiger partial charge < -0.3 is 10.4 Å². The standard InChI is InChI=1S/C15H21NO3S/c1-5-15(3,4)14(19)16-11-8-6-7-9-12(11)20-10(2)13(17)18/h6-10H,5H2,1-4H3,(H,16,19)(H,17,18)/t10-/m0/s1. The molecule has 0 radical (unpaired) electrons. The molecule has 2 N–H and O–H groups in total. The summed E-state index contributed by atoms with van der Waals surface area (Å²) in [7, 11) is 0. The average Bonchev–Trinajstić information content (AvgIpc) is 2.40. The Morgan fingerprint density at radius 2 is 1.95 bits per heavy atom. The van der Waals surface area contributed by atoms with Gasteiger partial charge in [0.1, 0.15) is 5.25 Å². The van der Waals surface area contributed by atoms with Gasteiger partial charge in [0.15, 0.2) is 0 Å². The number of nitrogens with one attached hydrogen (secondary N) is 1. The molecule has 1 aromatic carbocycles. The van der Waals surface area contributed by atoms with Crippen molar-refractivity contribution in [1.82, 2.24) is 0 Å². The van der Waals surface area contributed by atoms with Crippen molar-refractivity contribution in [3.63, 3.8) is 0 Å². The summed E-state index contributed by atoms with van der Waals surface area (Å²) >= 11 is 1.22. The van der Waals surface area contributed by atoms with Gasteiger partial charge in [0.2, 0.25) is 5.91 Å². The van der Waals surface area contributed by atoms with Crippen LogP contribution in [0.25, 0.3) is 0 Å². The third-order valence-electron chi connectivity index (χ3n) is 3.29. The van der Waals surface area contributed by atoms with Gasteiger partial charge in [-0.15, -0.1) is 11.8 Å². The molecule has 0 saturated heterocycles. The molecule has 0 saturated carbocycles. The second-order valence-electron chi connectivity index (χ2n) is 5.29. The lowest BCUT2D eigenvalue weighted by atomic mass is 9.89. The Kier molecular flexibility index (Phi) is 5.62. The molecule has 0 unspecified atom stereocenters.